The number of nitrogens with zero attached hydrogens (tertiary/aromatic N) is 2. The Labute approximate surface area is 142 Å². The van der Waals surface area contributed by atoms with Crippen LogP contribution in [0.2, 0.25) is 0 Å². The van der Waals surface area contributed by atoms with Crippen molar-refractivity contribution >= 4 is 6.03 Å². The third kappa shape index (κ3) is 5.15. The van der Waals surface area contributed by atoms with Gasteiger partial charge in [-0.25, -0.2) is 4.79 Å². The van der Waals surface area contributed by atoms with Crippen LogP contribution in [0.5, 0.6) is 11.5 Å². The average molecular weight is 329 g/mol. The van der Waals surface area contributed by atoms with E-state index < -0.39 is 0 Å². The molecule has 2 rings (SSSR count). The van der Waals surface area contributed by atoms with Crippen molar-refractivity contribution in [1.82, 2.24) is 15.2 Å². The van der Waals surface area contributed by atoms with Gasteiger partial charge in [-0.2, -0.15) is 0 Å². The molecule has 0 atom stereocenters. The normalized spacial score (nSPS) is 10.1. The summed E-state index contributed by atoms with van der Waals surface area (Å²) in [7, 11) is 4.97. The predicted molar refractivity (Wildman–Crippen MR) is 92.4 cm³/mol. The second kappa shape index (κ2) is 8.76. The Morgan fingerprint density at radius 2 is 1.88 bits per heavy atom. The summed E-state index contributed by atoms with van der Waals surface area (Å²) in [5, 5.41) is 2.89. The van der Waals surface area contributed by atoms with E-state index in [1.54, 1.807) is 38.4 Å². The van der Waals surface area contributed by atoms with Crippen LogP contribution in [-0.4, -0.2) is 43.7 Å². The molecule has 128 valence electrons. The summed E-state index contributed by atoms with van der Waals surface area (Å²) < 4.78 is 10.5. The molecule has 1 N–H and O–H groups in total. The van der Waals surface area contributed by atoms with Gasteiger partial charge in [-0.1, -0.05) is 6.07 Å². The van der Waals surface area contributed by atoms with E-state index in [1.807, 2.05) is 30.3 Å². The number of hydrogen-bond donors (Lipinski definition) is 1. The monoisotopic (exact) mass is 329 g/mol. The lowest BCUT2D eigenvalue weighted by Crippen LogP contribution is -2.38. The van der Waals surface area contributed by atoms with Gasteiger partial charge in [0.25, 0.3) is 0 Å². The molecule has 0 unspecified atom stereocenters. The van der Waals surface area contributed by atoms with Gasteiger partial charge in [0, 0.05) is 44.5 Å². The third-order valence-corrected chi connectivity index (χ3v) is 3.63. The summed E-state index contributed by atoms with van der Waals surface area (Å²) in [5.41, 5.74) is 1.88. The van der Waals surface area contributed by atoms with Gasteiger partial charge in [0.1, 0.15) is 11.5 Å². The molecule has 0 aliphatic carbocycles. The van der Waals surface area contributed by atoms with Crippen LogP contribution in [0.1, 0.15) is 11.3 Å². The molecule has 0 saturated heterocycles. The first-order chi connectivity index (χ1) is 11.6. The topological polar surface area (TPSA) is 63.7 Å². The Bertz CT molecular complexity index is 640. The first kappa shape index (κ1) is 17.6. The summed E-state index contributed by atoms with van der Waals surface area (Å²) in [6.45, 7) is 1.00. The van der Waals surface area contributed by atoms with Gasteiger partial charge in [0.2, 0.25) is 0 Å². The zero-order chi connectivity index (χ0) is 17.4. The minimum atomic E-state index is -0.132. The van der Waals surface area contributed by atoms with Gasteiger partial charge in [-0.3, -0.25) is 4.98 Å². The molecule has 0 aliphatic rings. The molecule has 0 fully saturated rings. The maximum absolute atomic E-state index is 12.2. The number of methoxy groups -OCH3 is 2. The van der Waals surface area contributed by atoms with Crippen molar-refractivity contribution < 1.29 is 14.3 Å². The van der Waals surface area contributed by atoms with Gasteiger partial charge >= 0.3 is 6.03 Å². The maximum atomic E-state index is 12.2. The fourth-order valence-electron chi connectivity index (χ4n) is 2.21. The highest BCUT2D eigenvalue weighted by atomic mass is 16.5. The number of likely N-dealkylation sites (N-methyl/N-ethyl adjacent to an activating group) is 1. The average Bonchev–Trinajstić information content (AvgIpc) is 2.64. The Morgan fingerprint density at radius 1 is 1.17 bits per heavy atom. The van der Waals surface area contributed by atoms with Crippen molar-refractivity contribution in [3.8, 4) is 11.5 Å². The standard InChI is InChI=1S/C18H23N3O3/c1-21(9-7-15-6-4-5-8-19-15)18(22)20-13-14-10-16(23-2)12-17(11-14)24-3/h4-6,8,10-12H,7,9,13H2,1-3H3,(H,20,22). The van der Waals surface area contributed by atoms with Crippen LogP contribution in [-0.2, 0) is 13.0 Å². The molecule has 1 aromatic carbocycles. The molecule has 0 aliphatic heterocycles. The van der Waals surface area contributed by atoms with Crippen molar-refractivity contribution in [2.24, 2.45) is 0 Å². The number of nitrogens with one attached hydrogen (secondary N) is 1. The first-order valence-corrected chi connectivity index (χ1v) is 7.73. The number of hydrogen-bond acceptors (Lipinski definition) is 4. The number of ether oxygens (including phenoxy) is 2. The molecular formula is C18H23N3O3. The number of carbonyl (C=O) groups is 1. The Hall–Kier alpha value is -2.76. The smallest absolute Gasteiger partial charge is 0.317 e. The van der Waals surface area contributed by atoms with E-state index in [9.17, 15) is 4.79 Å². The molecular weight excluding hydrogens is 306 g/mol. The maximum Gasteiger partial charge on any atom is 0.317 e. The summed E-state index contributed by atoms with van der Waals surface area (Å²) in [6.07, 6.45) is 2.48. The molecule has 24 heavy (non-hydrogen) atoms. The first-order valence-electron chi connectivity index (χ1n) is 7.73. The molecule has 6 nitrogen and oxygen atoms in total. The fourth-order valence-corrected chi connectivity index (χ4v) is 2.21. The lowest BCUT2D eigenvalue weighted by molar-refractivity contribution is 0.208. The number of amides is 2. The zero-order valence-corrected chi connectivity index (χ0v) is 14.3. The molecule has 1 aromatic heterocycles. The van der Waals surface area contributed by atoms with Gasteiger partial charge in [-0.15, -0.1) is 0 Å². The quantitative estimate of drug-likeness (QED) is 0.848. The molecule has 0 bridgehead atoms. The van der Waals surface area contributed by atoms with Crippen molar-refractivity contribution in [2.45, 2.75) is 13.0 Å². The summed E-state index contributed by atoms with van der Waals surface area (Å²) >= 11 is 0. The summed E-state index contributed by atoms with van der Waals surface area (Å²) in [6, 6.07) is 11.2. The highest BCUT2D eigenvalue weighted by Gasteiger charge is 2.09. The lowest BCUT2D eigenvalue weighted by atomic mass is 10.2. The van der Waals surface area contributed by atoms with E-state index in [0.717, 1.165) is 17.7 Å². The predicted octanol–water partition coefficient (Wildman–Crippen LogP) is 2.48. The van der Waals surface area contributed by atoms with Gasteiger partial charge < -0.3 is 19.7 Å². The van der Waals surface area contributed by atoms with Crippen LogP contribution < -0.4 is 14.8 Å². The SMILES string of the molecule is COc1cc(CNC(=O)N(C)CCc2ccccn2)cc(OC)c1. The zero-order valence-electron chi connectivity index (χ0n) is 14.3. The van der Waals surface area contributed by atoms with E-state index in [2.05, 4.69) is 10.3 Å². The van der Waals surface area contributed by atoms with Crippen LogP contribution in [0.15, 0.2) is 42.6 Å². The van der Waals surface area contributed by atoms with E-state index in [4.69, 9.17) is 9.47 Å². The van der Waals surface area contributed by atoms with Crippen LogP contribution in [0.3, 0.4) is 0 Å². The highest BCUT2D eigenvalue weighted by Crippen LogP contribution is 2.22. The second-order valence-electron chi connectivity index (χ2n) is 5.37. The number of carbonyl (C=O) groups excluding carboxylic acids is 1. The van der Waals surface area contributed by atoms with Crippen LogP contribution in [0.4, 0.5) is 4.79 Å². The third-order valence-electron chi connectivity index (χ3n) is 3.63. The van der Waals surface area contributed by atoms with Crippen LogP contribution in [0.25, 0.3) is 0 Å². The molecule has 2 amide bonds. The van der Waals surface area contributed by atoms with E-state index >= 15 is 0 Å². The molecule has 6 heteroatoms. The van der Waals surface area contributed by atoms with Crippen molar-refractivity contribution in [2.75, 3.05) is 27.8 Å². The molecule has 0 saturated carbocycles. The number of rotatable bonds is 7. The molecule has 1 heterocycles. The minimum absolute atomic E-state index is 0.132. The van der Waals surface area contributed by atoms with Crippen molar-refractivity contribution in [3.05, 3.63) is 53.9 Å². The summed E-state index contributed by atoms with van der Waals surface area (Å²) in [4.78, 5) is 18.1. The lowest BCUT2D eigenvalue weighted by Gasteiger charge is -2.18. The molecule has 0 spiro atoms. The molecule has 0 radical (unpaired) electrons. The minimum Gasteiger partial charge on any atom is -0.497 e. The van der Waals surface area contributed by atoms with Crippen molar-refractivity contribution in [1.29, 1.82) is 0 Å². The van der Waals surface area contributed by atoms with Gasteiger partial charge in [0.15, 0.2) is 0 Å². The number of aromatic nitrogens is 1. The van der Waals surface area contributed by atoms with Crippen LogP contribution >= 0.6 is 0 Å². The summed E-state index contributed by atoms with van der Waals surface area (Å²) in [5.74, 6) is 1.39. The van der Waals surface area contributed by atoms with E-state index in [1.165, 1.54) is 0 Å². The Balaban J connectivity index is 1.85. The largest absolute Gasteiger partial charge is 0.497 e. The van der Waals surface area contributed by atoms with Crippen molar-refractivity contribution in [3.63, 3.8) is 0 Å². The Kier molecular flexibility index (Phi) is 6.42. The number of urea groups is 1. The number of benzene rings is 1. The Morgan fingerprint density at radius 3 is 2.46 bits per heavy atom. The van der Waals surface area contributed by atoms with Gasteiger partial charge in [-0.05, 0) is 29.8 Å². The number of pyridine rings is 1. The van der Waals surface area contributed by atoms with E-state index in [-0.39, 0.29) is 6.03 Å². The fraction of sp³-hybridized carbons (Fsp3) is 0.333. The molecule has 2 aromatic rings. The van der Waals surface area contributed by atoms with Crippen LogP contribution in [0, 0.1) is 0 Å². The van der Waals surface area contributed by atoms with E-state index in [0.29, 0.717) is 24.6 Å². The highest BCUT2D eigenvalue weighted by molar-refractivity contribution is 5.73. The van der Waals surface area contributed by atoms with Gasteiger partial charge in [0.05, 0.1) is 14.2 Å². The second-order valence-corrected chi connectivity index (χ2v) is 5.37.